The van der Waals surface area contributed by atoms with Crippen molar-refractivity contribution < 1.29 is 14.0 Å². The van der Waals surface area contributed by atoms with E-state index in [1.54, 1.807) is 36.4 Å². The van der Waals surface area contributed by atoms with Crippen LogP contribution in [0.2, 0.25) is 0 Å². The van der Waals surface area contributed by atoms with E-state index < -0.39 is 0 Å². The van der Waals surface area contributed by atoms with Crippen molar-refractivity contribution in [3.8, 4) is 0 Å². The van der Waals surface area contributed by atoms with Gasteiger partial charge in [-0.2, -0.15) is 0 Å². The Bertz CT molecular complexity index is 618. The molecule has 0 aliphatic carbocycles. The van der Waals surface area contributed by atoms with Crippen molar-refractivity contribution in [2.75, 3.05) is 11.9 Å². The molecule has 2 aromatic rings. The number of amides is 2. The third-order valence-corrected chi connectivity index (χ3v) is 2.84. The van der Waals surface area contributed by atoms with E-state index in [9.17, 15) is 9.59 Å². The van der Waals surface area contributed by atoms with Crippen LogP contribution in [0.5, 0.6) is 0 Å². The van der Waals surface area contributed by atoms with Crippen LogP contribution in [0, 0.1) is 5.92 Å². The summed E-state index contributed by atoms with van der Waals surface area (Å²) in [7, 11) is 0. The molecular weight excluding hydrogens is 268 g/mol. The molecular formula is C16H18N2O3. The zero-order valence-corrected chi connectivity index (χ0v) is 12.1. The van der Waals surface area contributed by atoms with Crippen LogP contribution in [-0.4, -0.2) is 18.4 Å². The van der Waals surface area contributed by atoms with Gasteiger partial charge in [-0.25, -0.2) is 0 Å². The predicted octanol–water partition coefficient (Wildman–Crippen LogP) is 2.92. The van der Waals surface area contributed by atoms with Gasteiger partial charge >= 0.3 is 0 Å². The lowest BCUT2D eigenvalue weighted by atomic mass is 10.1. The Morgan fingerprint density at radius 2 is 1.86 bits per heavy atom. The van der Waals surface area contributed by atoms with Crippen molar-refractivity contribution in [1.29, 1.82) is 0 Å². The second-order valence-corrected chi connectivity index (χ2v) is 5.08. The van der Waals surface area contributed by atoms with E-state index in [0.29, 0.717) is 23.7 Å². The number of para-hydroxylation sites is 1. The molecule has 1 heterocycles. The van der Waals surface area contributed by atoms with Gasteiger partial charge < -0.3 is 15.1 Å². The first-order valence-corrected chi connectivity index (χ1v) is 6.80. The van der Waals surface area contributed by atoms with E-state index in [-0.39, 0.29) is 17.6 Å². The molecule has 0 aliphatic heterocycles. The van der Waals surface area contributed by atoms with Gasteiger partial charge in [0.2, 0.25) is 0 Å². The van der Waals surface area contributed by atoms with Crippen LogP contribution in [0.15, 0.2) is 47.1 Å². The van der Waals surface area contributed by atoms with Gasteiger partial charge in [0.25, 0.3) is 11.8 Å². The van der Waals surface area contributed by atoms with Gasteiger partial charge in [-0.1, -0.05) is 26.0 Å². The number of hydrogen-bond donors (Lipinski definition) is 2. The van der Waals surface area contributed by atoms with Crippen molar-refractivity contribution in [2.24, 2.45) is 5.92 Å². The second kappa shape index (κ2) is 6.74. The number of anilines is 1. The fourth-order valence-corrected chi connectivity index (χ4v) is 1.77. The molecule has 2 N–H and O–H groups in total. The van der Waals surface area contributed by atoms with Crippen molar-refractivity contribution in [3.63, 3.8) is 0 Å². The first-order valence-electron chi connectivity index (χ1n) is 6.80. The molecule has 0 unspecified atom stereocenters. The summed E-state index contributed by atoms with van der Waals surface area (Å²) in [5.41, 5.74) is 0.887. The van der Waals surface area contributed by atoms with Gasteiger partial charge in [0.15, 0.2) is 5.76 Å². The third kappa shape index (κ3) is 3.95. The van der Waals surface area contributed by atoms with Crippen LogP contribution in [-0.2, 0) is 0 Å². The highest BCUT2D eigenvalue weighted by molar-refractivity contribution is 6.07. The van der Waals surface area contributed by atoms with Crippen LogP contribution in [0.4, 0.5) is 5.69 Å². The Kier molecular flexibility index (Phi) is 4.77. The minimum absolute atomic E-state index is 0.201. The monoisotopic (exact) mass is 286 g/mol. The maximum Gasteiger partial charge on any atom is 0.291 e. The summed E-state index contributed by atoms with van der Waals surface area (Å²) < 4.78 is 5.03. The van der Waals surface area contributed by atoms with E-state index in [1.807, 2.05) is 13.8 Å². The van der Waals surface area contributed by atoms with Gasteiger partial charge in [0, 0.05) is 6.54 Å². The summed E-state index contributed by atoms with van der Waals surface area (Å²) in [4.78, 5) is 24.1. The molecule has 0 fully saturated rings. The average Bonchev–Trinajstić information content (AvgIpc) is 2.99. The lowest BCUT2D eigenvalue weighted by Crippen LogP contribution is -2.28. The summed E-state index contributed by atoms with van der Waals surface area (Å²) in [5, 5.41) is 5.52. The van der Waals surface area contributed by atoms with Crippen molar-refractivity contribution in [2.45, 2.75) is 13.8 Å². The van der Waals surface area contributed by atoms with Gasteiger partial charge in [0.05, 0.1) is 17.5 Å². The number of furan rings is 1. The molecule has 5 nitrogen and oxygen atoms in total. The van der Waals surface area contributed by atoms with Crippen molar-refractivity contribution in [1.82, 2.24) is 5.32 Å². The van der Waals surface area contributed by atoms with Crippen LogP contribution in [0.1, 0.15) is 34.8 Å². The molecule has 2 amide bonds. The third-order valence-electron chi connectivity index (χ3n) is 2.84. The minimum atomic E-state index is -0.385. The van der Waals surface area contributed by atoms with Crippen molar-refractivity contribution >= 4 is 17.5 Å². The summed E-state index contributed by atoms with van der Waals surface area (Å²) in [6, 6.07) is 10.1. The first-order chi connectivity index (χ1) is 10.1. The summed E-state index contributed by atoms with van der Waals surface area (Å²) in [6.45, 7) is 4.62. The molecule has 5 heteroatoms. The molecule has 0 saturated heterocycles. The molecule has 2 rings (SSSR count). The fourth-order valence-electron chi connectivity index (χ4n) is 1.77. The van der Waals surface area contributed by atoms with E-state index >= 15 is 0 Å². The Morgan fingerprint density at radius 3 is 2.52 bits per heavy atom. The number of carbonyl (C=O) groups is 2. The van der Waals surface area contributed by atoms with E-state index in [4.69, 9.17) is 4.42 Å². The Labute approximate surface area is 123 Å². The maximum atomic E-state index is 12.2. The van der Waals surface area contributed by atoms with Crippen LogP contribution in [0.25, 0.3) is 0 Å². The zero-order chi connectivity index (χ0) is 15.2. The normalized spacial score (nSPS) is 10.4. The standard InChI is InChI=1S/C16H18N2O3/c1-11(2)10-17-15(19)12-6-3-4-7-13(12)18-16(20)14-8-5-9-21-14/h3-9,11H,10H2,1-2H3,(H,17,19)(H,18,20). The lowest BCUT2D eigenvalue weighted by Gasteiger charge is -2.11. The molecule has 0 bridgehead atoms. The predicted molar refractivity (Wildman–Crippen MR) is 80.3 cm³/mol. The smallest absolute Gasteiger partial charge is 0.291 e. The topological polar surface area (TPSA) is 71.3 Å². The first kappa shape index (κ1) is 14.8. The molecule has 0 radical (unpaired) electrons. The molecule has 21 heavy (non-hydrogen) atoms. The highest BCUT2D eigenvalue weighted by atomic mass is 16.3. The molecule has 1 aromatic heterocycles. The molecule has 1 aromatic carbocycles. The Balaban J connectivity index is 2.13. The number of carbonyl (C=O) groups excluding carboxylic acids is 2. The molecule has 0 aliphatic rings. The second-order valence-electron chi connectivity index (χ2n) is 5.08. The van der Waals surface area contributed by atoms with Gasteiger partial charge in [-0.15, -0.1) is 0 Å². The Hall–Kier alpha value is -2.56. The van der Waals surface area contributed by atoms with Crippen LogP contribution >= 0.6 is 0 Å². The zero-order valence-electron chi connectivity index (χ0n) is 12.1. The van der Waals surface area contributed by atoms with Gasteiger partial charge in [-0.3, -0.25) is 9.59 Å². The van der Waals surface area contributed by atoms with Gasteiger partial charge in [-0.05, 0) is 30.2 Å². The summed E-state index contributed by atoms with van der Waals surface area (Å²) in [5.74, 6) is -0.0330. The number of nitrogens with one attached hydrogen (secondary N) is 2. The number of hydrogen-bond acceptors (Lipinski definition) is 3. The average molecular weight is 286 g/mol. The lowest BCUT2D eigenvalue weighted by molar-refractivity contribution is 0.0950. The SMILES string of the molecule is CC(C)CNC(=O)c1ccccc1NC(=O)c1ccco1. The molecule has 110 valence electrons. The molecule has 0 saturated carbocycles. The van der Waals surface area contributed by atoms with Crippen molar-refractivity contribution in [3.05, 3.63) is 54.0 Å². The minimum Gasteiger partial charge on any atom is -0.459 e. The molecule has 0 atom stereocenters. The number of rotatable bonds is 5. The van der Waals surface area contributed by atoms with Gasteiger partial charge in [0.1, 0.15) is 0 Å². The fraction of sp³-hybridized carbons (Fsp3) is 0.250. The Morgan fingerprint density at radius 1 is 1.10 bits per heavy atom. The summed E-state index contributed by atoms with van der Waals surface area (Å²) in [6.07, 6.45) is 1.43. The summed E-state index contributed by atoms with van der Waals surface area (Å²) >= 11 is 0. The van der Waals surface area contributed by atoms with E-state index in [1.165, 1.54) is 6.26 Å². The highest BCUT2D eigenvalue weighted by Gasteiger charge is 2.15. The van der Waals surface area contributed by atoms with E-state index in [0.717, 1.165) is 0 Å². The highest BCUT2D eigenvalue weighted by Crippen LogP contribution is 2.16. The van der Waals surface area contributed by atoms with E-state index in [2.05, 4.69) is 10.6 Å². The molecule has 0 spiro atoms. The largest absolute Gasteiger partial charge is 0.459 e. The van der Waals surface area contributed by atoms with Crippen LogP contribution < -0.4 is 10.6 Å². The number of benzene rings is 1. The maximum absolute atomic E-state index is 12.2. The quantitative estimate of drug-likeness (QED) is 0.887. The van der Waals surface area contributed by atoms with Crippen LogP contribution in [0.3, 0.4) is 0 Å².